The smallest absolute Gasteiger partial charge is 0.315 e. The van der Waals surface area contributed by atoms with Crippen molar-refractivity contribution in [2.24, 2.45) is 5.11 Å². The summed E-state index contributed by atoms with van der Waals surface area (Å²) in [6.45, 7) is 6.77. The van der Waals surface area contributed by atoms with Gasteiger partial charge in [-0.2, -0.15) is 0 Å². The molecule has 0 saturated carbocycles. The summed E-state index contributed by atoms with van der Waals surface area (Å²) >= 11 is 0. The second kappa shape index (κ2) is 5.43. The molecule has 0 rings (SSSR count). The summed E-state index contributed by atoms with van der Waals surface area (Å²) in [6, 6.07) is -0.755. The fourth-order valence-electron chi connectivity index (χ4n) is 0.512. The lowest BCUT2D eigenvalue weighted by Crippen LogP contribution is -2.29. The first-order chi connectivity index (χ1) is 5.37. The molecule has 0 radical (unpaired) electrons. The minimum Gasteiger partial charge on any atom is -0.460 e. The van der Waals surface area contributed by atoms with Crippen LogP contribution in [0.3, 0.4) is 0 Å². The maximum Gasteiger partial charge on any atom is 0.315 e. The van der Waals surface area contributed by atoms with Crippen LogP contribution in [0.25, 0.3) is 10.4 Å². The van der Waals surface area contributed by atoms with Crippen LogP contribution in [-0.4, -0.2) is 17.6 Å². The number of azide groups is 1. The molecular formula is C8H17N3O2. The Morgan fingerprint density at radius 3 is 2.31 bits per heavy atom. The summed E-state index contributed by atoms with van der Waals surface area (Å²) in [6.07, 6.45) is 0. The molecule has 0 aromatic carbocycles. The Morgan fingerprint density at radius 2 is 2.00 bits per heavy atom. The average molecular weight is 187 g/mol. The first-order valence-electron chi connectivity index (χ1n) is 3.64. The Kier molecular flexibility index (Phi) is 5.98. The number of nitrogens with zero attached hydrogens (tertiary/aromatic N) is 3. The molecule has 0 aliphatic carbocycles. The van der Waals surface area contributed by atoms with Crippen molar-refractivity contribution in [1.29, 1.82) is 0 Å². The largest absolute Gasteiger partial charge is 0.460 e. The lowest BCUT2D eigenvalue weighted by atomic mass is 10.2. The highest BCUT2D eigenvalue weighted by Gasteiger charge is 2.20. The molecule has 0 spiro atoms. The van der Waals surface area contributed by atoms with Crippen molar-refractivity contribution in [3.63, 3.8) is 0 Å². The van der Waals surface area contributed by atoms with Gasteiger partial charge in [0, 0.05) is 4.91 Å². The molecule has 0 heterocycles. The van der Waals surface area contributed by atoms with Crippen molar-refractivity contribution < 1.29 is 9.53 Å². The van der Waals surface area contributed by atoms with Gasteiger partial charge in [-0.3, -0.25) is 4.79 Å². The maximum absolute atomic E-state index is 11.1. The number of hydrogen-bond donors (Lipinski definition) is 0. The summed E-state index contributed by atoms with van der Waals surface area (Å²) in [5, 5.41) is 3.21. The third-order valence-corrected chi connectivity index (χ3v) is 0.973. The van der Waals surface area contributed by atoms with Gasteiger partial charge in [0.15, 0.2) is 0 Å². The van der Waals surface area contributed by atoms with Crippen LogP contribution in [0.5, 0.6) is 0 Å². The average Bonchev–Trinajstić information content (AvgIpc) is 1.84. The van der Waals surface area contributed by atoms with E-state index in [1.165, 1.54) is 6.92 Å². The SMILES string of the molecule is C.CC(N=[N+]=[N-])C(=O)OC(C)(C)C. The van der Waals surface area contributed by atoms with Crippen molar-refractivity contribution in [2.75, 3.05) is 0 Å². The van der Waals surface area contributed by atoms with Gasteiger partial charge in [0.05, 0.1) is 0 Å². The van der Waals surface area contributed by atoms with Gasteiger partial charge >= 0.3 is 5.97 Å². The Morgan fingerprint density at radius 1 is 1.54 bits per heavy atom. The molecule has 1 unspecified atom stereocenters. The molecule has 0 aromatic heterocycles. The third-order valence-electron chi connectivity index (χ3n) is 0.973. The number of ether oxygens (including phenoxy) is 1. The monoisotopic (exact) mass is 187 g/mol. The number of rotatable bonds is 2. The van der Waals surface area contributed by atoms with E-state index in [0.29, 0.717) is 0 Å². The minimum atomic E-state index is -0.755. The van der Waals surface area contributed by atoms with E-state index in [0.717, 1.165) is 0 Å². The maximum atomic E-state index is 11.1. The Labute approximate surface area is 78.7 Å². The molecule has 0 aliphatic rings. The molecular weight excluding hydrogens is 170 g/mol. The zero-order valence-corrected chi connectivity index (χ0v) is 7.74. The molecule has 0 aliphatic heterocycles. The summed E-state index contributed by atoms with van der Waals surface area (Å²) in [4.78, 5) is 13.6. The van der Waals surface area contributed by atoms with Gasteiger partial charge in [-0.15, -0.1) is 0 Å². The van der Waals surface area contributed by atoms with E-state index in [1.807, 2.05) is 0 Å². The van der Waals surface area contributed by atoms with E-state index in [-0.39, 0.29) is 7.43 Å². The van der Waals surface area contributed by atoms with Crippen molar-refractivity contribution in [3.05, 3.63) is 10.4 Å². The van der Waals surface area contributed by atoms with E-state index in [2.05, 4.69) is 10.0 Å². The standard InChI is InChI=1S/C7H13N3O2.CH4/c1-5(9-10-8)6(11)12-7(2,3)4;/h5H,1-4H3;1H4. The predicted molar refractivity (Wildman–Crippen MR) is 51.2 cm³/mol. The second-order valence-corrected chi connectivity index (χ2v) is 3.41. The number of carbonyl (C=O) groups is 1. The van der Waals surface area contributed by atoms with E-state index < -0.39 is 17.6 Å². The van der Waals surface area contributed by atoms with Crippen molar-refractivity contribution in [1.82, 2.24) is 0 Å². The van der Waals surface area contributed by atoms with Crippen LogP contribution >= 0.6 is 0 Å². The Bertz CT molecular complexity index is 214. The molecule has 0 saturated heterocycles. The van der Waals surface area contributed by atoms with Gasteiger partial charge in [0.2, 0.25) is 0 Å². The van der Waals surface area contributed by atoms with E-state index >= 15 is 0 Å². The first kappa shape index (κ1) is 14.3. The summed E-state index contributed by atoms with van der Waals surface area (Å²) in [5.41, 5.74) is 7.50. The molecule has 0 fully saturated rings. The Balaban J connectivity index is 0. The molecule has 0 aromatic rings. The number of hydrogen-bond acceptors (Lipinski definition) is 3. The van der Waals surface area contributed by atoms with Crippen LogP contribution in [0.2, 0.25) is 0 Å². The van der Waals surface area contributed by atoms with Crippen LogP contribution in [0.1, 0.15) is 35.1 Å². The van der Waals surface area contributed by atoms with E-state index in [9.17, 15) is 4.79 Å². The van der Waals surface area contributed by atoms with Gasteiger partial charge < -0.3 is 4.74 Å². The number of carbonyl (C=O) groups excluding carboxylic acids is 1. The fraction of sp³-hybridized carbons (Fsp3) is 0.875. The predicted octanol–water partition coefficient (Wildman–Crippen LogP) is 2.66. The molecule has 13 heavy (non-hydrogen) atoms. The van der Waals surface area contributed by atoms with Gasteiger partial charge in [0.1, 0.15) is 11.6 Å². The van der Waals surface area contributed by atoms with Crippen molar-refractivity contribution >= 4 is 5.97 Å². The molecule has 0 bridgehead atoms. The topological polar surface area (TPSA) is 75.1 Å². The molecule has 1 atom stereocenters. The van der Waals surface area contributed by atoms with Crippen LogP contribution in [-0.2, 0) is 9.53 Å². The van der Waals surface area contributed by atoms with Gasteiger partial charge in [0.25, 0.3) is 0 Å². The minimum absolute atomic E-state index is 0. The normalized spacial score (nSPS) is 12.0. The highest BCUT2D eigenvalue weighted by Crippen LogP contribution is 2.09. The quantitative estimate of drug-likeness (QED) is 0.288. The first-order valence-corrected chi connectivity index (χ1v) is 3.64. The highest BCUT2D eigenvalue weighted by molar-refractivity contribution is 5.75. The zero-order valence-electron chi connectivity index (χ0n) is 7.74. The molecule has 5 nitrogen and oxygen atoms in total. The van der Waals surface area contributed by atoms with Crippen LogP contribution < -0.4 is 0 Å². The molecule has 0 amide bonds. The van der Waals surface area contributed by atoms with E-state index in [1.54, 1.807) is 20.8 Å². The molecule has 76 valence electrons. The van der Waals surface area contributed by atoms with Gasteiger partial charge in [-0.25, -0.2) is 0 Å². The number of esters is 1. The van der Waals surface area contributed by atoms with Crippen LogP contribution in [0, 0.1) is 0 Å². The second-order valence-electron chi connectivity index (χ2n) is 3.41. The Hall–Kier alpha value is -1.22. The zero-order chi connectivity index (χ0) is 9.78. The lowest BCUT2D eigenvalue weighted by molar-refractivity contribution is -0.155. The van der Waals surface area contributed by atoms with Crippen molar-refractivity contribution in [3.8, 4) is 0 Å². The lowest BCUT2D eigenvalue weighted by Gasteiger charge is -2.20. The molecule has 0 N–H and O–H groups in total. The highest BCUT2D eigenvalue weighted by atomic mass is 16.6. The van der Waals surface area contributed by atoms with E-state index in [4.69, 9.17) is 10.3 Å². The van der Waals surface area contributed by atoms with Gasteiger partial charge in [-0.05, 0) is 33.2 Å². The van der Waals surface area contributed by atoms with Crippen LogP contribution in [0.15, 0.2) is 5.11 Å². The van der Waals surface area contributed by atoms with Gasteiger partial charge in [-0.1, -0.05) is 12.5 Å². The van der Waals surface area contributed by atoms with Crippen LogP contribution in [0.4, 0.5) is 0 Å². The molecule has 5 heteroatoms. The fourth-order valence-corrected chi connectivity index (χ4v) is 0.512. The summed E-state index contributed by atoms with van der Waals surface area (Å²) in [5.74, 6) is -0.500. The summed E-state index contributed by atoms with van der Waals surface area (Å²) in [7, 11) is 0. The third kappa shape index (κ3) is 7.15. The van der Waals surface area contributed by atoms with Crippen molar-refractivity contribution in [2.45, 2.75) is 46.8 Å². The summed E-state index contributed by atoms with van der Waals surface area (Å²) < 4.78 is 4.95.